The number of carbonyl (C=O) groups is 1. The third kappa shape index (κ3) is 5.05. The zero-order valence-corrected chi connectivity index (χ0v) is 17.0. The number of hydrogen-bond donors (Lipinski definition) is 2. The van der Waals surface area contributed by atoms with Crippen molar-refractivity contribution in [2.24, 2.45) is 5.73 Å². The average molecular weight is 402 g/mol. The second-order valence-corrected chi connectivity index (χ2v) is 7.75. The van der Waals surface area contributed by atoms with Gasteiger partial charge in [-0.2, -0.15) is 0 Å². The summed E-state index contributed by atoms with van der Waals surface area (Å²) in [7, 11) is 0. The highest BCUT2D eigenvalue weighted by atomic mass is 16.5. The number of hydrogen-bond acceptors (Lipinski definition) is 4. The number of primary amides is 1. The molecule has 1 aliphatic carbocycles. The summed E-state index contributed by atoms with van der Waals surface area (Å²) < 4.78 is 5.96. The number of amides is 1. The van der Waals surface area contributed by atoms with Crippen LogP contribution in [0.15, 0.2) is 67.0 Å². The molecule has 5 nitrogen and oxygen atoms in total. The quantitative estimate of drug-likeness (QED) is 0.558. The lowest BCUT2D eigenvalue weighted by atomic mass is 9.88. The van der Waals surface area contributed by atoms with E-state index in [1.54, 1.807) is 12.3 Å². The van der Waals surface area contributed by atoms with Crippen molar-refractivity contribution in [3.63, 3.8) is 0 Å². The van der Waals surface area contributed by atoms with Crippen LogP contribution in [0.4, 0.5) is 0 Å². The zero-order valence-electron chi connectivity index (χ0n) is 17.0. The Morgan fingerprint density at radius 3 is 2.83 bits per heavy atom. The van der Waals surface area contributed by atoms with Crippen LogP contribution in [0.2, 0.25) is 0 Å². The van der Waals surface area contributed by atoms with E-state index in [-0.39, 0.29) is 5.56 Å². The molecule has 1 atom stereocenters. The number of pyridine rings is 1. The van der Waals surface area contributed by atoms with Crippen molar-refractivity contribution >= 4 is 5.91 Å². The van der Waals surface area contributed by atoms with Crippen LogP contribution in [-0.2, 0) is 19.3 Å². The third-order valence-electron chi connectivity index (χ3n) is 5.60. The average Bonchev–Trinajstić information content (AvgIpc) is 2.77. The second-order valence-electron chi connectivity index (χ2n) is 7.75. The fourth-order valence-electron chi connectivity index (χ4n) is 4.00. The van der Waals surface area contributed by atoms with E-state index in [2.05, 4.69) is 52.8 Å². The minimum Gasteiger partial charge on any atom is -0.456 e. The van der Waals surface area contributed by atoms with Crippen LogP contribution in [0.3, 0.4) is 0 Å². The summed E-state index contributed by atoms with van der Waals surface area (Å²) in [6.45, 7) is 1.02. The first-order chi connectivity index (χ1) is 14.7. The van der Waals surface area contributed by atoms with Crippen molar-refractivity contribution in [3.05, 3.63) is 89.2 Å². The van der Waals surface area contributed by atoms with Crippen LogP contribution in [0.25, 0.3) is 0 Å². The summed E-state index contributed by atoms with van der Waals surface area (Å²) >= 11 is 0. The predicted molar refractivity (Wildman–Crippen MR) is 118 cm³/mol. The van der Waals surface area contributed by atoms with Gasteiger partial charge in [0.15, 0.2) is 0 Å². The van der Waals surface area contributed by atoms with Crippen molar-refractivity contribution in [1.29, 1.82) is 0 Å². The Kier molecular flexibility index (Phi) is 6.40. The molecule has 0 fully saturated rings. The molecule has 0 bridgehead atoms. The molecule has 0 spiro atoms. The molecular weight excluding hydrogens is 374 g/mol. The molecule has 0 saturated heterocycles. The third-order valence-corrected chi connectivity index (χ3v) is 5.60. The predicted octanol–water partition coefficient (Wildman–Crippen LogP) is 4.05. The molecule has 0 radical (unpaired) electrons. The molecule has 2 aromatic carbocycles. The molecule has 1 heterocycles. The van der Waals surface area contributed by atoms with Gasteiger partial charge >= 0.3 is 0 Å². The lowest BCUT2D eigenvalue weighted by molar-refractivity contribution is 0.0997. The van der Waals surface area contributed by atoms with Gasteiger partial charge in [0.05, 0.1) is 0 Å². The molecule has 4 rings (SSSR count). The van der Waals surface area contributed by atoms with E-state index in [9.17, 15) is 4.79 Å². The molecule has 0 aliphatic heterocycles. The summed E-state index contributed by atoms with van der Waals surface area (Å²) in [5.74, 6) is 0.604. The van der Waals surface area contributed by atoms with Gasteiger partial charge in [0.1, 0.15) is 17.1 Å². The normalized spacial score (nSPS) is 15.4. The summed E-state index contributed by atoms with van der Waals surface area (Å²) in [6, 6.07) is 18.9. The summed E-state index contributed by atoms with van der Waals surface area (Å²) in [5.41, 5.74) is 9.77. The minimum atomic E-state index is -0.546. The molecule has 1 aliphatic rings. The molecule has 5 heteroatoms. The Bertz CT molecular complexity index is 1000. The van der Waals surface area contributed by atoms with E-state index in [1.165, 1.54) is 22.9 Å². The number of nitrogens with two attached hydrogens (primary N) is 1. The maximum Gasteiger partial charge on any atom is 0.254 e. The lowest BCUT2D eigenvalue weighted by Crippen LogP contribution is -2.35. The lowest BCUT2D eigenvalue weighted by Gasteiger charge is -2.26. The molecule has 1 aromatic heterocycles. The van der Waals surface area contributed by atoms with Gasteiger partial charge < -0.3 is 15.8 Å². The number of aryl methyl sites for hydroxylation is 2. The number of nitrogens with one attached hydrogen (secondary N) is 1. The smallest absolute Gasteiger partial charge is 0.254 e. The fraction of sp³-hybridized carbons (Fsp3) is 0.280. The topological polar surface area (TPSA) is 77.2 Å². The molecule has 1 amide bonds. The number of nitrogens with zero attached hydrogens (tertiary/aromatic N) is 1. The largest absolute Gasteiger partial charge is 0.456 e. The van der Waals surface area contributed by atoms with Crippen molar-refractivity contribution < 1.29 is 9.53 Å². The van der Waals surface area contributed by atoms with Crippen molar-refractivity contribution in [3.8, 4) is 11.5 Å². The summed E-state index contributed by atoms with van der Waals surface area (Å²) in [5, 5.41) is 3.72. The van der Waals surface area contributed by atoms with Gasteiger partial charge in [-0.05, 0) is 73.5 Å². The standard InChI is InChI=1S/C25H27N3O2/c26-25(29)23-17-27-14-12-24(23)30-22-11-9-19-8-10-21(15-20(19)16-22)28-13-4-7-18-5-2-1-3-6-18/h1-3,5-6,9,11-12,14,16-17,21,28H,4,7-8,10,13,15H2,(H2,26,29). The molecular formula is C25H27N3O2. The van der Waals surface area contributed by atoms with E-state index < -0.39 is 5.91 Å². The van der Waals surface area contributed by atoms with E-state index in [0.29, 0.717) is 17.5 Å². The van der Waals surface area contributed by atoms with Gasteiger partial charge in [0.2, 0.25) is 0 Å². The van der Waals surface area contributed by atoms with Gasteiger partial charge in [-0.1, -0.05) is 36.4 Å². The number of carbonyl (C=O) groups excluding carboxylic acids is 1. The van der Waals surface area contributed by atoms with E-state index in [0.717, 1.165) is 38.6 Å². The molecule has 1 unspecified atom stereocenters. The SMILES string of the molecule is NC(=O)c1cnccc1Oc1ccc2c(c1)CC(NCCCc1ccccc1)CC2. The number of fused-ring (bicyclic) bond motifs is 1. The second kappa shape index (κ2) is 9.55. The van der Waals surface area contributed by atoms with Crippen LogP contribution in [0, 0.1) is 0 Å². The van der Waals surface area contributed by atoms with Crippen molar-refractivity contribution in [1.82, 2.24) is 10.3 Å². The van der Waals surface area contributed by atoms with Crippen LogP contribution in [-0.4, -0.2) is 23.5 Å². The van der Waals surface area contributed by atoms with Crippen molar-refractivity contribution in [2.75, 3.05) is 6.54 Å². The van der Waals surface area contributed by atoms with Crippen LogP contribution in [0.5, 0.6) is 11.5 Å². The highest BCUT2D eigenvalue weighted by Gasteiger charge is 2.19. The zero-order chi connectivity index (χ0) is 20.8. The monoisotopic (exact) mass is 401 g/mol. The van der Waals surface area contributed by atoms with Crippen molar-refractivity contribution in [2.45, 2.75) is 38.1 Å². The highest BCUT2D eigenvalue weighted by molar-refractivity contribution is 5.95. The van der Waals surface area contributed by atoms with Crippen LogP contribution in [0.1, 0.15) is 39.9 Å². The number of rotatable bonds is 8. The summed E-state index contributed by atoms with van der Waals surface area (Å²) in [4.78, 5) is 15.6. The highest BCUT2D eigenvalue weighted by Crippen LogP contribution is 2.29. The van der Waals surface area contributed by atoms with Gasteiger partial charge in [0.25, 0.3) is 5.91 Å². The Labute approximate surface area is 177 Å². The van der Waals surface area contributed by atoms with E-state index in [4.69, 9.17) is 10.5 Å². The molecule has 154 valence electrons. The van der Waals surface area contributed by atoms with Crippen LogP contribution < -0.4 is 15.8 Å². The van der Waals surface area contributed by atoms with Gasteiger partial charge in [-0.15, -0.1) is 0 Å². The molecule has 3 aromatic rings. The maximum atomic E-state index is 11.6. The number of aromatic nitrogens is 1. The molecule has 3 N–H and O–H groups in total. The first kappa shape index (κ1) is 20.1. The fourth-order valence-corrected chi connectivity index (χ4v) is 4.00. The first-order valence-corrected chi connectivity index (χ1v) is 10.5. The number of benzene rings is 2. The molecule has 0 saturated carbocycles. The molecule has 30 heavy (non-hydrogen) atoms. The maximum absolute atomic E-state index is 11.6. The van der Waals surface area contributed by atoms with Gasteiger partial charge in [-0.25, -0.2) is 0 Å². The van der Waals surface area contributed by atoms with Crippen LogP contribution >= 0.6 is 0 Å². The van der Waals surface area contributed by atoms with Gasteiger partial charge in [-0.3, -0.25) is 9.78 Å². The minimum absolute atomic E-state index is 0.285. The van der Waals surface area contributed by atoms with Gasteiger partial charge in [0, 0.05) is 18.4 Å². The summed E-state index contributed by atoms with van der Waals surface area (Å²) in [6.07, 6.45) is 8.46. The Hall–Kier alpha value is -3.18. The number of ether oxygens (including phenoxy) is 1. The first-order valence-electron chi connectivity index (χ1n) is 10.5. The Balaban J connectivity index is 1.35. The Morgan fingerprint density at radius 1 is 1.13 bits per heavy atom. The Morgan fingerprint density at radius 2 is 2.00 bits per heavy atom. The van der Waals surface area contributed by atoms with E-state index in [1.807, 2.05) is 6.07 Å². The van der Waals surface area contributed by atoms with E-state index >= 15 is 0 Å².